The van der Waals surface area contributed by atoms with E-state index in [0.717, 1.165) is 0 Å². The van der Waals surface area contributed by atoms with Crippen molar-refractivity contribution in [3.05, 3.63) is 31.3 Å². The van der Waals surface area contributed by atoms with Crippen LogP contribution in [0.5, 0.6) is 0 Å². The van der Waals surface area contributed by atoms with Crippen molar-refractivity contribution in [2.45, 2.75) is 6.92 Å². The minimum Gasteiger partial charge on any atom is -0.454 e. The Morgan fingerprint density at radius 2 is 2.36 bits per heavy atom. The molecule has 1 aliphatic carbocycles. The molecule has 0 heterocycles. The lowest BCUT2D eigenvalue weighted by atomic mass is 10.1. The predicted octanol–water partition coefficient (Wildman–Crippen LogP) is 0.275. The number of carbonyl (C=O) groups is 1. The summed E-state index contributed by atoms with van der Waals surface area (Å²) in [6, 6.07) is 0. The van der Waals surface area contributed by atoms with Gasteiger partial charge in [-0.2, -0.15) is 0 Å². The highest BCUT2D eigenvalue weighted by molar-refractivity contribution is 5.68. The summed E-state index contributed by atoms with van der Waals surface area (Å²) in [5.41, 5.74) is 0. The molecule has 5 radical (unpaired) electrons. The Kier molecular flexibility index (Phi) is 2.88. The van der Waals surface area contributed by atoms with E-state index in [0.29, 0.717) is 12.0 Å². The molecule has 59 valence electrons. The molecule has 0 amide bonds. The Morgan fingerprint density at radius 1 is 1.64 bits per heavy atom. The van der Waals surface area contributed by atoms with Crippen LogP contribution in [-0.4, -0.2) is 17.7 Å². The van der Waals surface area contributed by atoms with Crippen molar-refractivity contribution >= 4 is 5.97 Å². The number of ether oxygens (including phenoxy) is 1. The molecule has 0 bridgehead atoms. The number of carbonyl (C=O) groups excluding carboxylic acids is 1. The topological polar surface area (TPSA) is 46.5 Å². The van der Waals surface area contributed by atoms with Crippen molar-refractivity contribution in [3.8, 4) is 0 Å². The van der Waals surface area contributed by atoms with Crippen LogP contribution in [0, 0.1) is 31.3 Å². The fourth-order valence-electron chi connectivity index (χ4n) is 0.826. The Hall–Kier alpha value is -0.570. The lowest BCUT2D eigenvalue weighted by Crippen LogP contribution is -2.14. The van der Waals surface area contributed by atoms with Gasteiger partial charge in [0.15, 0.2) is 6.10 Å². The summed E-state index contributed by atoms with van der Waals surface area (Å²) in [6.07, 6.45) is 5.52. The molecule has 3 nitrogen and oxygen atoms in total. The predicted molar refractivity (Wildman–Crippen MR) is 38.2 cm³/mol. The third-order valence-corrected chi connectivity index (χ3v) is 1.29. The minimum atomic E-state index is -0.370. The molecule has 11 heavy (non-hydrogen) atoms. The molecule has 1 aliphatic rings. The highest BCUT2D eigenvalue weighted by atomic mass is 16.5. The van der Waals surface area contributed by atoms with E-state index in [2.05, 4.69) is 0 Å². The fraction of sp³-hybridized carbons (Fsp3) is 0.250. The van der Waals surface area contributed by atoms with Gasteiger partial charge in [-0.05, 0) is 12.8 Å². The van der Waals surface area contributed by atoms with Crippen LogP contribution < -0.4 is 0 Å². The standard InChI is InChI=1S/C8H9O3/c1-6(10)11-8-4-2-3-7(8)5-9/h2-4,9H,5H2,1H3. The van der Waals surface area contributed by atoms with E-state index in [-0.39, 0.29) is 12.6 Å². The van der Waals surface area contributed by atoms with Gasteiger partial charge >= 0.3 is 5.97 Å². The lowest BCUT2D eigenvalue weighted by Gasteiger charge is -2.13. The zero-order chi connectivity index (χ0) is 8.27. The number of rotatable bonds is 2. The first-order valence-electron chi connectivity index (χ1n) is 3.28. The first-order chi connectivity index (χ1) is 5.24. The molecule has 3 heteroatoms. The van der Waals surface area contributed by atoms with Crippen LogP contribution in [0.1, 0.15) is 6.92 Å². The van der Waals surface area contributed by atoms with Crippen molar-refractivity contribution in [2.75, 3.05) is 6.61 Å². The molecule has 1 saturated carbocycles. The van der Waals surface area contributed by atoms with Gasteiger partial charge in [0.05, 0.1) is 12.5 Å². The Labute approximate surface area is 66.4 Å². The maximum atomic E-state index is 10.5. The maximum Gasteiger partial charge on any atom is 0.303 e. The van der Waals surface area contributed by atoms with Gasteiger partial charge in [-0.15, -0.1) is 0 Å². The van der Waals surface area contributed by atoms with Crippen LogP contribution in [-0.2, 0) is 9.53 Å². The summed E-state index contributed by atoms with van der Waals surface area (Å²) in [5.74, 6) is 0.270. The zero-order valence-electron chi connectivity index (χ0n) is 6.20. The van der Waals surface area contributed by atoms with Gasteiger partial charge in [-0.1, -0.05) is 0 Å². The van der Waals surface area contributed by atoms with Crippen molar-refractivity contribution < 1.29 is 14.6 Å². The number of aliphatic hydroxyl groups excluding tert-OH is 1. The molecular weight excluding hydrogens is 144 g/mol. The van der Waals surface area contributed by atoms with Gasteiger partial charge in [-0.3, -0.25) is 4.79 Å². The first-order valence-corrected chi connectivity index (χ1v) is 3.28. The third kappa shape index (κ3) is 2.19. The molecule has 0 aliphatic heterocycles. The maximum absolute atomic E-state index is 10.5. The second kappa shape index (κ2) is 3.72. The van der Waals surface area contributed by atoms with E-state index in [1.165, 1.54) is 6.92 Å². The Bertz CT molecular complexity index is 144. The summed E-state index contributed by atoms with van der Waals surface area (Å²) in [7, 11) is 0. The molecule has 0 aromatic carbocycles. The van der Waals surface area contributed by atoms with E-state index in [4.69, 9.17) is 9.84 Å². The molecular formula is C8H9O3. The lowest BCUT2D eigenvalue weighted by molar-refractivity contribution is -0.139. The fourth-order valence-corrected chi connectivity index (χ4v) is 0.826. The highest BCUT2D eigenvalue weighted by Gasteiger charge is 2.31. The van der Waals surface area contributed by atoms with Crippen molar-refractivity contribution in [1.29, 1.82) is 0 Å². The second-order valence-electron chi connectivity index (χ2n) is 2.17. The van der Waals surface area contributed by atoms with Crippen molar-refractivity contribution in [3.63, 3.8) is 0 Å². The average Bonchev–Trinajstić information content (AvgIpc) is 2.34. The third-order valence-electron chi connectivity index (χ3n) is 1.29. The zero-order valence-corrected chi connectivity index (χ0v) is 6.20. The van der Waals surface area contributed by atoms with Gasteiger partial charge in [0.25, 0.3) is 0 Å². The first kappa shape index (κ1) is 8.53. The normalized spacial score (nSPS) is 20.5. The molecule has 0 saturated heterocycles. The molecule has 1 N–H and O–H groups in total. The molecule has 0 unspecified atom stereocenters. The number of esters is 1. The molecule has 0 aromatic heterocycles. The summed E-state index contributed by atoms with van der Waals surface area (Å²) < 4.78 is 4.78. The Morgan fingerprint density at radius 3 is 2.91 bits per heavy atom. The molecule has 0 atom stereocenters. The summed E-state index contributed by atoms with van der Waals surface area (Å²) in [5, 5.41) is 8.73. The number of hydrogen-bond donors (Lipinski definition) is 1. The van der Waals surface area contributed by atoms with E-state index < -0.39 is 0 Å². The van der Waals surface area contributed by atoms with Crippen LogP contribution in [0.3, 0.4) is 0 Å². The molecule has 1 fully saturated rings. The molecule has 0 spiro atoms. The van der Waals surface area contributed by atoms with Crippen LogP contribution in [0.2, 0.25) is 0 Å². The van der Waals surface area contributed by atoms with Gasteiger partial charge < -0.3 is 9.84 Å². The van der Waals surface area contributed by atoms with E-state index in [1.54, 1.807) is 19.3 Å². The number of aliphatic hydroxyl groups is 1. The Balaban J connectivity index is 2.37. The quantitative estimate of drug-likeness (QED) is 0.579. The largest absolute Gasteiger partial charge is 0.454 e. The van der Waals surface area contributed by atoms with Crippen molar-refractivity contribution in [1.82, 2.24) is 0 Å². The van der Waals surface area contributed by atoms with Crippen molar-refractivity contribution in [2.24, 2.45) is 0 Å². The SMILES string of the molecule is CC(=O)O[C]1[CH][CH][CH][C]1CO. The minimum absolute atomic E-state index is 0.102. The molecule has 1 rings (SSSR count). The van der Waals surface area contributed by atoms with E-state index >= 15 is 0 Å². The van der Waals surface area contributed by atoms with E-state index in [1.807, 2.05) is 0 Å². The van der Waals surface area contributed by atoms with Gasteiger partial charge in [0.1, 0.15) is 0 Å². The highest BCUT2D eigenvalue weighted by Crippen LogP contribution is 2.33. The van der Waals surface area contributed by atoms with Gasteiger partial charge in [0, 0.05) is 13.3 Å². The van der Waals surface area contributed by atoms with Crippen LogP contribution >= 0.6 is 0 Å². The van der Waals surface area contributed by atoms with E-state index in [9.17, 15) is 4.79 Å². The monoisotopic (exact) mass is 153 g/mol. The smallest absolute Gasteiger partial charge is 0.303 e. The van der Waals surface area contributed by atoms with Crippen LogP contribution in [0.15, 0.2) is 0 Å². The summed E-state index contributed by atoms with van der Waals surface area (Å²) in [6.45, 7) is 1.23. The van der Waals surface area contributed by atoms with Crippen LogP contribution in [0.4, 0.5) is 0 Å². The summed E-state index contributed by atoms with van der Waals surface area (Å²) in [4.78, 5) is 10.5. The van der Waals surface area contributed by atoms with Gasteiger partial charge in [-0.25, -0.2) is 0 Å². The second-order valence-corrected chi connectivity index (χ2v) is 2.17. The summed E-state index contributed by atoms with van der Waals surface area (Å²) >= 11 is 0. The van der Waals surface area contributed by atoms with Gasteiger partial charge in [0.2, 0.25) is 0 Å². The average molecular weight is 153 g/mol. The molecule has 0 aromatic rings. The van der Waals surface area contributed by atoms with Crippen LogP contribution in [0.25, 0.3) is 0 Å². The number of hydrogen-bond acceptors (Lipinski definition) is 3.